The zero-order valence-electron chi connectivity index (χ0n) is 14.9. The maximum atomic E-state index is 5.85. The van der Waals surface area contributed by atoms with Crippen LogP contribution in [-0.2, 0) is 13.1 Å². The van der Waals surface area contributed by atoms with Crippen LogP contribution in [0.2, 0.25) is 0 Å². The van der Waals surface area contributed by atoms with Crippen LogP contribution >= 0.6 is 0 Å². The highest BCUT2D eigenvalue weighted by Crippen LogP contribution is 2.22. The Morgan fingerprint density at radius 1 is 1.08 bits per heavy atom. The number of rotatable bonds is 5. The van der Waals surface area contributed by atoms with Crippen molar-refractivity contribution in [2.75, 3.05) is 19.6 Å². The number of fused-ring (bicyclic) bond motifs is 1. The summed E-state index contributed by atoms with van der Waals surface area (Å²) in [5.74, 6) is 1.79. The van der Waals surface area contributed by atoms with Gasteiger partial charge in [-0.05, 0) is 50.0 Å². The molecule has 1 fully saturated rings. The molecule has 1 atom stereocenters. The highest BCUT2D eigenvalue weighted by atomic mass is 15.2. The lowest BCUT2D eigenvalue weighted by molar-refractivity contribution is 0.306. The normalized spacial score (nSPS) is 18.2. The number of nitrogens with zero attached hydrogens (tertiary/aromatic N) is 3. The summed E-state index contributed by atoms with van der Waals surface area (Å²) in [7, 11) is 0. The molecular formula is C21H26N4. The fourth-order valence-electron chi connectivity index (χ4n) is 3.75. The Bertz CT molecular complexity index is 850. The molecule has 25 heavy (non-hydrogen) atoms. The first-order chi connectivity index (χ1) is 12.2. The van der Waals surface area contributed by atoms with Gasteiger partial charge in [-0.25, -0.2) is 4.98 Å². The molecule has 1 saturated heterocycles. The Kier molecular flexibility index (Phi) is 4.55. The van der Waals surface area contributed by atoms with Crippen LogP contribution in [-0.4, -0.2) is 34.1 Å². The van der Waals surface area contributed by atoms with Gasteiger partial charge in [0.2, 0.25) is 0 Å². The quantitative estimate of drug-likeness (QED) is 0.779. The molecule has 4 rings (SSSR count). The van der Waals surface area contributed by atoms with E-state index in [0.29, 0.717) is 5.92 Å². The van der Waals surface area contributed by atoms with Crippen molar-refractivity contribution in [2.24, 2.45) is 11.7 Å². The lowest BCUT2D eigenvalue weighted by Gasteiger charge is -2.17. The van der Waals surface area contributed by atoms with Crippen LogP contribution in [0.4, 0.5) is 0 Å². The van der Waals surface area contributed by atoms with Crippen molar-refractivity contribution in [2.45, 2.75) is 26.4 Å². The van der Waals surface area contributed by atoms with Crippen molar-refractivity contribution < 1.29 is 0 Å². The van der Waals surface area contributed by atoms with Gasteiger partial charge in [-0.3, -0.25) is 4.90 Å². The average molecular weight is 334 g/mol. The molecule has 4 heteroatoms. The van der Waals surface area contributed by atoms with Crippen molar-refractivity contribution in [3.05, 3.63) is 65.5 Å². The van der Waals surface area contributed by atoms with Crippen LogP contribution < -0.4 is 5.73 Å². The molecule has 1 aliphatic rings. The highest BCUT2D eigenvalue weighted by Gasteiger charge is 2.23. The number of hydrogen-bond acceptors (Lipinski definition) is 3. The second-order valence-electron chi connectivity index (χ2n) is 7.21. The summed E-state index contributed by atoms with van der Waals surface area (Å²) in [6, 6.07) is 17.2. The zero-order chi connectivity index (χ0) is 17.2. The molecule has 4 nitrogen and oxygen atoms in total. The van der Waals surface area contributed by atoms with Gasteiger partial charge in [-0.15, -0.1) is 0 Å². The van der Waals surface area contributed by atoms with E-state index < -0.39 is 0 Å². The van der Waals surface area contributed by atoms with E-state index in [0.717, 1.165) is 44.1 Å². The van der Waals surface area contributed by atoms with E-state index in [9.17, 15) is 0 Å². The molecular weight excluding hydrogens is 308 g/mol. The van der Waals surface area contributed by atoms with Gasteiger partial charge in [0, 0.05) is 13.1 Å². The van der Waals surface area contributed by atoms with E-state index in [1.807, 2.05) is 0 Å². The fraction of sp³-hybridized carbons (Fsp3) is 0.381. The minimum atomic E-state index is 0.634. The number of para-hydroxylation sites is 2. The number of imidazole rings is 1. The molecule has 2 N–H and O–H groups in total. The molecule has 1 unspecified atom stereocenters. The van der Waals surface area contributed by atoms with E-state index in [1.54, 1.807) is 0 Å². The van der Waals surface area contributed by atoms with Crippen molar-refractivity contribution in [1.29, 1.82) is 0 Å². The number of nitrogens with two attached hydrogens (primary N) is 1. The molecule has 0 spiro atoms. The fourth-order valence-corrected chi connectivity index (χ4v) is 3.75. The van der Waals surface area contributed by atoms with E-state index in [-0.39, 0.29) is 0 Å². The summed E-state index contributed by atoms with van der Waals surface area (Å²) < 4.78 is 2.37. The third-order valence-electron chi connectivity index (χ3n) is 5.26. The molecule has 1 aromatic heterocycles. The van der Waals surface area contributed by atoms with Crippen molar-refractivity contribution in [1.82, 2.24) is 14.5 Å². The molecule has 0 bridgehead atoms. The van der Waals surface area contributed by atoms with Crippen LogP contribution in [0.15, 0.2) is 48.5 Å². The van der Waals surface area contributed by atoms with Crippen molar-refractivity contribution >= 4 is 11.0 Å². The van der Waals surface area contributed by atoms with Crippen LogP contribution in [0.3, 0.4) is 0 Å². The van der Waals surface area contributed by atoms with Crippen LogP contribution in [0.5, 0.6) is 0 Å². The third kappa shape index (κ3) is 3.46. The summed E-state index contributed by atoms with van der Waals surface area (Å²) >= 11 is 0. The number of hydrogen-bond donors (Lipinski definition) is 1. The summed E-state index contributed by atoms with van der Waals surface area (Å²) in [6.07, 6.45) is 1.20. The molecule has 0 amide bonds. The monoisotopic (exact) mass is 334 g/mol. The molecule has 0 aliphatic carbocycles. The topological polar surface area (TPSA) is 47.1 Å². The minimum absolute atomic E-state index is 0.634. The number of aromatic nitrogens is 2. The Labute approximate surface area is 149 Å². The van der Waals surface area contributed by atoms with Gasteiger partial charge in [0.15, 0.2) is 0 Å². The van der Waals surface area contributed by atoms with Crippen LogP contribution in [0.1, 0.15) is 23.4 Å². The van der Waals surface area contributed by atoms with Gasteiger partial charge in [0.25, 0.3) is 0 Å². The largest absolute Gasteiger partial charge is 0.330 e. The Balaban J connectivity index is 1.64. The minimum Gasteiger partial charge on any atom is -0.330 e. The van der Waals surface area contributed by atoms with Gasteiger partial charge in [0.1, 0.15) is 5.82 Å². The Morgan fingerprint density at radius 3 is 2.64 bits per heavy atom. The number of benzene rings is 2. The Hall–Kier alpha value is -2.17. The number of aryl methyl sites for hydroxylation is 1. The average Bonchev–Trinajstić information content (AvgIpc) is 3.22. The summed E-state index contributed by atoms with van der Waals surface area (Å²) in [5.41, 5.74) is 10.8. The van der Waals surface area contributed by atoms with Crippen LogP contribution in [0, 0.1) is 12.8 Å². The summed E-state index contributed by atoms with van der Waals surface area (Å²) in [5, 5.41) is 0. The zero-order valence-corrected chi connectivity index (χ0v) is 14.9. The van der Waals surface area contributed by atoms with Gasteiger partial charge in [-0.1, -0.05) is 42.0 Å². The summed E-state index contributed by atoms with van der Waals surface area (Å²) in [6.45, 7) is 6.89. The first kappa shape index (κ1) is 16.3. The molecule has 0 saturated carbocycles. The molecule has 1 aliphatic heterocycles. The molecule has 130 valence electrons. The van der Waals surface area contributed by atoms with E-state index >= 15 is 0 Å². The van der Waals surface area contributed by atoms with Gasteiger partial charge in [0.05, 0.1) is 17.6 Å². The first-order valence-corrected chi connectivity index (χ1v) is 9.15. The third-order valence-corrected chi connectivity index (χ3v) is 5.26. The Morgan fingerprint density at radius 2 is 1.88 bits per heavy atom. The second-order valence-corrected chi connectivity index (χ2v) is 7.21. The SMILES string of the molecule is Cc1ccc(Cn2c(CN3CCC(CN)C3)nc3ccccc32)cc1. The molecule has 3 aromatic rings. The number of likely N-dealkylation sites (tertiary alicyclic amines) is 1. The van der Waals surface area contributed by atoms with Crippen LogP contribution in [0.25, 0.3) is 11.0 Å². The van der Waals surface area contributed by atoms with E-state index in [2.05, 4.69) is 64.9 Å². The van der Waals surface area contributed by atoms with E-state index in [4.69, 9.17) is 10.7 Å². The lowest BCUT2D eigenvalue weighted by atomic mass is 10.1. The van der Waals surface area contributed by atoms with Gasteiger partial charge < -0.3 is 10.3 Å². The first-order valence-electron chi connectivity index (χ1n) is 9.15. The molecule has 2 heterocycles. The molecule has 2 aromatic carbocycles. The maximum absolute atomic E-state index is 5.85. The van der Waals surface area contributed by atoms with Gasteiger partial charge >= 0.3 is 0 Å². The van der Waals surface area contributed by atoms with E-state index in [1.165, 1.54) is 23.1 Å². The smallest absolute Gasteiger partial charge is 0.124 e. The lowest BCUT2D eigenvalue weighted by Crippen LogP contribution is -2.24. The summed E-state index contributed by atoms with van der Waals surface area (Å²) in [4.78, 5) is 7.42. The van der Waals surface area contributed by atoms with Crippen molar-refractivity contribution in [3.63, 3.8) is 0 Å². The van der Waals surface area contributed by atoms with Crippen molar-refractivity contribution in [3.8, 4) is 0 Å². The molecule has 0 radical (unpaired) electrons. The van der Waals surface area contributed by atoms with Gasteiger partial charge in [-0.2, -0.15) is 0 Å². The maximum Gasteiger partial charge on any atom is 0.124 e. The predicted octanol–water partition coefficient (Wildman–Crippen LogP) is 3.17. The second kappa shape index (κ2) is 6.98. The highest BCUT2D eigenvalue weighted by molar-refractivity contribution is 5.76. The predicted molar refractivity (Wildman–Crippen MR) is 102 cm³/mol. The standard InChI is InChI=1S/C21H26N4/c1-16-6-8-17(9-7-16)14-25-20-5-3-2-4-19(20)23-21(25)15-24-11-10-18(12-22)13-24/h2-9,18H,10-15,22H2,1H3.